The Hall–Kier alpha value is -0.920. The summed E-state index contributed by atoms with van der Waals surface area (Å²) >= 11 is 2.23. The molecule has 0 aliphatic heterocycles. The Morgan fingerprint density at radius 3 is 2.90 bits per heavy atom. The molecule has 3 nitrogen and oxygen atoms in total. The Balaban J connectivity index is 1.66. The average Bonchev–Trinajstić information content (AvgIpc) is 3.01. The van der Waals surface area contributed by atoms with E-state index in [1.165, 1.54) is 0 Å². The maximum atomic E-state index is 12.0. The first-order valence-corrected chi connectivity index (χ1v) is 8.15. The molecule has 7 heteroatoms. The molecule has 0 saturated heterocycles. The first-order chi connectivity index (χ1) is 9.63. The summed E-state index contributed by atoms with van der Waals surface area (Å²) < 4.78 is 29.5. The standard InChI is InChI=1S/C13H16F2N2OS2/c1-9-7-19-12(17-9)4-5-16-6-10-2-3-11(18-10)8-20-13(14)15/h2-3,7,13,16H,4-6,8H2,1H3. The van der Waals surface area contributed by atoms with Gasteiger partial charge in [-0.25, -0.2) is 4.98 Å². The normalized spacial score (nSPS) is 11.4. The summed E-state index contributed by atoms with van der Waals surface area (Å²) in [4.78, 5) is 4.38. The largest absolute Gasteiger partial charge is 0.464 e. The lowest BCUT2D eigenvalue weighted by atomic mass is 10.4. The molecule has 0 unspecified atom stereocenters. The Labute approximate surface area is 124 Å². The molecule has 110 valence electrons. The van der Waals surface area contributed by atoms with Crippen molar-refractivity contribution in [3.05, 3.63) is 39.7 Å². The van der Waals surface area contributed by atoms with Gasteiger partial charge in [-0.15, -0.1) is 11.3 Å². The second-order valence-corrected chi connectivity index (χ2v) is 6.17. The molecule has 0 radical (unpaired) electrons. The van der Waals surface area contributed by atoms with Crippen molar-refractivity contribution in [3.8, 4) is 0 Å². The van der Waals surface area contributed by atoms with Crippen LogP contribution in [-0.4, -0.2) is 17.3 Å². The van der Waals surface area contributed by atoms with Gasteiger partial charge in [-0.3, -0.25) is 0 Å². The number of nitrogens with zero attached hydrogens (tertiary/aromatic N) is 1. The number of hydrogen-bond donors (Lipinski definition) is 1. The first-order valence-electron chi connectivity index (χ1n) is 6.22. The molecule has 2 aromatic heterocycles. The Morgan fingerprint density at radius 2 is 2.20 bits per heavy atom. The summed E-state index contributed by atoms with van der Waals surface area (Å²) in [6.45, 7) is 3.40. The minimum absolute atomic E-state index is 0.204. The minimum atomic E-state index is -2.36. The third kappa shape index (κ3) is 5.22. The molecule has 0 aliphatic rings. The maximum Gasteiger partial charge on any atom is 0.284 e. The van der Waals surface area contributed by atoms with Gasteiger partial charge in [-0.05, 0) is 19.1 Å². The van der Waals surface area contributed by atoms with Crippen LogP contribution >= 0.6 is 23.1 Å². The second kappa shape index (κ2) is 7.75. The molecule has 0 bridgehead atoms. The van der Waals surface area contributed by atoms with Crippen LogP contribution in [0.15, 0.2) is 21.9 Å². The predicted octanol–water partition coefficient (Wildman–Crippen LogP) is 3.83. The van der Waals surface area contributed by atoms with Crippen molar-refractivity contribution in [3.63, 3.8) is 0 Å². The minimum Gasteiger partial charge on any atom is -0.464 e. The lowest BCUT2D eigenvalue weighted by Gasteiger charge is -2.01. The molecule has 20 heavy (non-hydrogen) atoms. The van der Waals surface area contributed by atoms with E-state index in [0.717, 1.165) is 29.4 Å². The molecule has 0 saturated carbocycles. The number of halogens is 2. The van der Waals surface area contributed by atoms with Crippen molar-refractivity contribution in [1.82, 2.24) is 10.3 Å². The summed E-state index contributed by atoms with van der Waals surface area (Å²) in [5.41, 5.74) is 1.05. The van der Waals surface area contributed by atoms with Crippen LogP contribution < -0.4 is 5.32 Å². The number of aromatic nitrogens is 1. The topological polar surface area (TPSA) is 38.1 Å². The molecule has 0 spiro atoms. The fourth-order valence-corrected chi connectivity index (χ4v) is 2.89. The highest BCUT2D eigenvalue weighted by Gasteiger charge is 2.07. The van der Waals surface area contributed by atoms with E-state index in [1.807, 2.05) is 18.4 Å². The highest BCUT2D eigenvalue weighted by molar-refractivity contribution is 7.98. The molecule has 2 aromatic rings. The van der Waals surface area contributed by atoms with Crippen molar-refractivity contribution in [2.45, 2.75) is 31.4 Å². The molecule has 0 amide bonds. The van der Waals surface area contributed by atoms with E-state index < -0.39 is 5.76 Å². The fraction of sp³-hybridized carbons (Fsp3) is 0.462. The molecule has 2 heterocycles. The molecule has 0 aliphatic carbocycles. The summed E-state index contributed by atoms with van der Waals surface area (Å²) in [6, 6.07) is 3.57. The molecule has 1 N–H and O–H groups in total. The molecular weight excluding hydrogens is 302 g/mol. The van der Waals surface area contributed by atoms with Crippen LogP contribution in [0, 0.1) is 6.92 Å². The zero-order valence-electron chi connectivity index (χ0n) is 11.1. The summed E-state index contributed by atoms with van der Waals surface area (Å²) in [7, 11) is 0. The number of furan rings is 1. The quantitative estimate of drug-likeness (QED) is 0.751. The zero-order valence-corrected chi connectivity index (χ0v) is 12.7. The number of aryl methyl sites for hydroxylation is 1. The van der Waals surface area contributed by atoms with E-state index in [-0.39, 0.29) is 5.75 Å². The van der Waals surface area contributed by atoms with Gasteiger partial charge >= 0.3 is 0 Å². The molecular formula is C13H16F2N2OS2. The average molecular weight is 318 g/mol. The van der Waals surface area contributed by atoms with Crippen molar-refractivity contribution >= 4 is 23.1 Å². The van der Waals surface area contributed by atoms with Gasteiger partial charge in [0.15, 0.2) is 0 Å². The van der Waals surface area contributed by atoms with Crippen LogP contribution in [0.2, 0.25) is 0 Å². The van der Waals surface area contributed by atoms with Crippen molar-refractivity contribution in [2.24, 2.45) is 0 Å². The second-order valence-electron chi connectivity index (χ2n) is 4.25. The predicted molar refractivity (Wildman–Crippen MR) is 78.3 cm³/mol. The van der Waals surface area contributed by atoms with Crippen molar-refractivity contribution in [1.29, 1.82) is 0 Å². The smallest absolute Gasteiger partial charge is 0.284 e. The SMILES string of the molecule is Cc1csc(CCNCc2ccc(CSC(F)F)o2)n1. The highest BCUT2D eigenvalue weighted by Crippen LogP contribution is 2.21. The van der Waals surface area contributed by atoms with E-state index in [4.69, 9.17) is 4.42 Å². The molecule has 0 fully saturated rings. The van der Waals surface area contributed by atoms with Crippen LogP contribution in [0.25, 0.3) is 0 Å². The van der Waals surface area contributed by atoms with Crippen molar-refractivity contribution < 1.29 is 13.2 Å². The van der Waals surface area contributed by atoms with Gasteiger partial charge < -0.3 is 9.73 Å². The van der Waals surface area contributed by atoms with Crippen molar-refractivity contribution in [2.75, 3.05) is 6.54 Å². The Morgan fingerprint density at radius 1 is 1.40 bits per heavy atom. The monoisotopic (exact) mass is 318 g/mol. The molecule has 0 aromatic carbocycles. The number of thiazole rings is 1. The van der Waals surface area contributed by atoms with E-state index >= 15 is 0 Å². The first kappa shape index (κ1) is 15.5. The lowest BCUT2D eigenvalue weighted by molar-refractivity contribution is 0.251. The summed E-state index contributed by atoms with van der Waals surface area (Å²) in [5.74, 6) is -0.799. The third-order valence-electron chi connectivity index (χ3n) is 2.55. The van der Waals surface area contributed by atoms with E-state index in [0.29, 0.717) is 24.1 Å². The van der Waals surface area contributed by atoms with Gasteiger partial charge in [0.1, 0.15) is 11.5 Å². The third-order valence-corrected chi connectivity index (χ3v) is 4.28. The van der Waals surface area contributed by atoms with Gasteiger partial charge in [0.2, 0.25) is 0 Å². The summed E-state index contributed by atoms with van der Waals surface area (Å²) in [6.07, 6.45) is 0.882. The van der Waals surface area contributed by atoms with E-state index in [2.05, 4.69) is 10.3 Å². The van der Waals surface area contributed by atoms with Crippen LogP contribution in [0.1, 0.15) is 22.2 Å². The molecule has 0 atom stereocenters. The van der Waals surface area contributed by atoms with Gasteiger partial charge in [0.05, 0.1) is 17.3 Å². The lowest BCUT2D eigenvalue weighted by Crippen LogP contribution is -2.16. The van der Waals surface area contributed by atoms with Crippen LogP contribution in [-0.2, 0) is 18.7 Å². The van der Waals surface area contributed by atoms with E-state index in [1.54, 1.807) is 17.4 Å². The highest BCUT2D eigenvalue weighted by atomic mass is 32.2. The fourth-order valence-electron chi connectivity index (χ4n) is 1.66. The van der Waals surface area contributed by atoms with Gasteiger partial charge in [0.25, 0.3) is 5.76 Å². The Bertz CT molecular complexity index is 528. The number of rotatable bonds is 8. The Kier molecular flexibility index (Phi) is 6.00. The number of thioether (sulfide) groups is 1. The maximum absolute atomic E-state index is 12.0. The van der Waals surface area contributed by atoms with Gasteiger partial charge in [0, 0.05) is 24.0 Å². The van der Waals surface area contributed by atoms with Gasteiger partial charge in [-0.1, -0.05) is 11.8 Å². The van der Waals surface area contributed by atoms with Crippen LogP contribution in [0.4, 0.5) is 8.78 Å². The van der Waals surface area contributed by atoms with Crippen LogP contribution in [0.3, 0.4) is 0 Å². The summed E-state index contributed by atoms with van der Waals surface area (Å²) in [5, 5.41) is 6.41. The van der Waals surface area contributed by atoms with Crippen LogP contribution in [0.5, 0.6) is 0 Å². The number of alkyl halides is 2. The van der Waals surface area contributed by atoms with Gasteiger partial charge in [-0.2, -0.15) is 8.78 Å². The van der Waals surface area contributed by atoms with E-state index in [9.17, 15) is 8.78 Å². The zero-order chi connectivity index (χ0) is 14.4. The number of hydrogen-bond acceptors (Lipinski definition) is 5. The molecule has 2 rings (SSSR count). The number of nitrogens with one attached hydrogen (secondary N) is 1.